The van der Waals surface area contributed by atoms with Gasteiger partial charge in [-0.2, -0.15) is 17.6 Å². The zero-order valence-corrected chi connectivity index (χ0v) is 39.7. The molecule has 0 bridgehead atoms. The number of benzene rings is 5. The molecule has 2 aliphatic heterocycles. The number of para-hydroxylation sites is 1. The molecule has 2 aromatic heterocycles. The van der Waals surface area contributed by atoms with Crippen LogP contribution in [0.1, 0.15) is 36.8 Å². The van der Waals surface area contributed by atoms with Crippen molar-refractivity contribution in [2.24, 2.45) is 0 Å². The summed E-state index contributed by atoms with van der Waals surface area (Å²) in [6.07, 6.45) is 9.77. The first-order chi connectivity index (χ1) is 34.5. The van der Waals surface area contributed by atoms with Crippen LogP contribution in [0.5, 0.6) is 17.2 Å². The highest BCUT2D eigenvalue weighted by Crippen LogP contribution is 2.25. The van der Waals surface area contributed by atoms with Gasteiger partial charge in [0, 0.05) is 68.8 Å². The normalized spacial score (nSPS) is 14.5. The fraction of sp³-hybridized carbons (Fsp3) is 0.296. The molecule has 0 radical (unpaired) electrons. The Morgan fingerprint density at radius 1 is 0.592 bits per heavy atom. The Morgan fingerprint density at radius 2 is 1.01 bits per heavy atom. The average Bonchev–Trinajstić information content (AvgIpc) is 4.10. The Labute approximate surface area is 411 Å². The Balaban J connectivity index is 0.000000167. The second-order valence-corrected chi connectivity index (χ2v) is 17.0. The van der Waals surface area contributed by atoms with Crippen LogP contribution in [0.4, 0.5) is 27.2 Å². The van der Waals surface area contributed by atoms with Crippen molar-refractivity contribution < 1.29 is 41.4 Å². The van der Waals surface area contributed by atoms with E-state index in [0.29, 0.717) is 22.7 Å². The first-order valence-electron chi connectivity index (χ1n) is 23.4. The number of hydrogen-bond acceptors (Lipinski definition) is 10. The van der Waals surface area contributed by atoms with Crippen LogP contribution < -0.4 is 19.5 Å². The van der Waals surface area contributed by atoms with Crippen molar-refractivity contribution in [1.82, 2.24) is 39.1 Å². The molecule has 9 rings (SSSR count). The number of rotatable bonds is 13. The van der Waals surface area contributed by atoms with E-state index in [2.05, 4.69) is 96.2 Å². The van der Waals surface area contributed by atoms with E-state index in [1.54, 1.807) is 59.6 Å². The SMILES string of the molecule is CN(C(=O)n1cnc(-c2ccc(OC(F)F)cc2)c1)C1CCN(Cc2ccccc2)CC1.CNC1CCN(Cc2ccccc2)CC1.O=C(Oc1ccccc1)n1cnc(-c2ccc(OC(F)F)cc2)c1. The van der Waals surface area contributed by atoms with Crippen molar-refractivity contribution in [3.63, 3.8) is 0 Å². The first kappa shape index (κ1) is 51.5. The van der Waals surface area contributed by atoms with Crippen LogP contribution >= 0.6 is 0 Å². The molecule has 7 aromatic rings. The highest BCUT2D eigenvalue weighted by molar-refractivity contribution is 5.78. The number of imidazole rings is 2. The number of alkyl halides is 4. The second-order valence-electron chi connectivity index (χ2n) is 17.0. The number of aromatic nitrogens is 4. The molecule has 71 heavy (non-hydrogen) atoms. The molecular formula is C54H58F4N8O5. The molecule has 5 aromatic carbocycles. The highest BCUT2D eigenvalue weighted by atomic mass is 19.3. The summed E-state index contributed by atoms with van der Waals surface area (Å²) >= 11 is 0. The number of nitrogens with one attached hydrogen (secondary N) is 1. The van der Waals surface area contributed by atoms with E-state index in [9.17, 15) is 27.2 Å². The van der Waals surface area contributed by atoms with Crippen LogP contribution in [0.15, 0.2) is 165 Å². The third-order valence-electron chi connectivity index (χ3n) is 12.2. The summed E-state index contributed by atoms with van der Waals surface area (Å²) in [5, 5.41) is 3.36. The molecule has 17 heteroatoms. The maximum absolute atomic E-state index is 13.0. The zero-order chi connectivity index (χ0) is 50.0. The van der Waals surface area contributed by atoms with Gasteiger partial charge >= 0.3 is 25.3 Å². The van der Waals surface area contributed by atoms with E-state index in [-0.39, 0.29) is 23.6 Å². The molecule has 13 nitrogen and oxygen atoms in total. The molecule has 372 valence electrons. The Morgan fingerprint density at radius 3 is 1.46 bits per heavy atom. The minimum Gasteiger partial charge on any atom is -0.435 e. The van der Waals surface area contributed by atoms with E-state index in [1.807, 2.05) is 19.2 Å². The lowest BCUT2D eigenvalue weighted by Crippen LogP contribution is -2.46. The van der Waals surface area contributed by atoms with E-state index >= 15 is 0 Å². The number of amides is 1. The topological polar surface area (TPSA) is 119 Å². The van der Waals surface area contributed by atoms with Gasteiger partial charge in [0.05, 0.1) is 11.4 Å². The van der Waals surface area contributed by atoms with E-state index in [1.165, 1.54) is 89.3 Å². The number of carbonyl (C=O) groups excluding carboxylic acids is 2. The van der Waals surface area contributed by atoms with Gasteiger partial charge in [0.2, 0.25) is 0 Å². The quantitative estimate of drug-likeness (QED) is 0.112. The maximum atomic E-state index is 13.0. The lowest BCUT2D eigenvalue weighted by molar-refractivity contribution is -0.0505. The first-order valence-corrected chi connectivity index (χ1v) is 23.4. The number of hydrogen-bond donors (Lipinski definition) is 1. The second kappa shape index (κ2) is 26.0. The number of ether oxygens (including phenoxy) is 3. The fourth-order valence-corrected chi connectivity index (χ4v) is 8.27. The monoisotopic (exact) mass is 974 g/mol. The Bertz CT molecular complexity index is 2660. The van der Waals surface area contributed by atoms with Gasteiger partial charge in [-0.1, -0.05) is 78.9 Å². The van der Waals surface area contributed by atoms with E-state index < -0.39 is 19.3 Å². The van der Waals surface area contributed by atoms with Gasteiger partial charge in [-0.25, -0.2) is 24.1 Å². The minimum atomic E-state index is -2.87. The number of carbonyl (C=O) groups is 2. The molecule has 1 N–H and O–H groups in total. The van der Waals surface area contributed by atoms with Crippen LogP contribution in [0.3, 0.4) is 0 Å². The largest absolute Gasteiger partial charge is 0.435 e. The molecule has 1 amide bonds. The summed E-state index contributed by atoms with van der Waals surface area (Å²) in [6, 6.07) is 42.7. The zero-order valence-electron chi connectivity index (χ0n) is 39.7. The summed E-state index contributed by atoms with van der Waals surface area (Å²) in [4.78, 5) is 40.2. The number of nitrogens with zero attached hydrogens (tertiary/aromatic N) is 7. The molecular weight excluding hydrogens is 917 g/mol. The molecule has 2 saturated heterocycles. The minimum absolute atomic E-state index is 0.0525. The van der Waals surface area contributed by atoms with Crippen molar-refractivity contribution in [1.29, 1.82) is 0 Å². The maximum Gasteiger partial charge on any atom is 0.424 e. The summed E-state index contributed by atoms with van der Waals surface area (Å²) < 4.78 is 65.4. The lowest BCUT2D eigenvalue weighted by Gasteiger charge is -2.36. The van der Waals surface area contributed by atoms with Crippen molar-refractivity contribution in [2.45, 2.75) is 64.1 Å². The molecule has 4 heterocycles. The molecule has 0 unspecified atom stereocenters. The van der Waals surface area contributed by atoms with Crippen LogP contribution in [-0.4, -0.2) is 112 Å². The van der Waals surface area contributed by atoms with Gasteiger partial charge in [-0.05, 0) is 118 Å². The van der Waals surface area contributed by atoms with Crippen molar-refractivity contribution in [3.05, 3.63) is 176 Å². The van der Waals surface area contributed by atoms with Gasteiger partial charge in [-0.15, -0.1) is 0 Å². The van der Waals surface area contributed by atoms with Crippen molar-refractivity contribution in [2.75, 3.05) is 40.3 Å². The average molecular weight is 975 g/mol. The third-order valence-corrected chi connectivity index (χ3v) is 12.2. The van der Waals surface area contributed by atoms with Gasteiger partial charge < -0.3 is 24.4 Å². The number of halogens is 4. The molecule has 2 aliphatic rings. The van der Waals surface area contributed by atoms with E-state index in [0.717, 1.165) is 50.6 Å². The summed E-state index contributed by atoms with van der Waals surface area (Å²) in [7, 11) is 3.90. The molecule has 0 spiro atoms. The van der Waals surface area contributed by atoms with Crippen LogP contribution in [-0.2, 0) is 13.1 Å². The van der Waals surface area contributed by atoms with Gasteiger partial charge in [0.1, 0.15) is 29.9 Å². The fourth-order valence-electron chi connectivity index (χ4n) is 8.27. The van der Waals surface area contributed by atoms with Crippen molar-refractivity contribution in [3.8, 4) is 39.8 Å². The van der Waals surface area contributed by atoms with Gasteiger partial charge in [0.15, 0.2) is 0 Å². The Kier molecular flexibility index (Phi) is 18.9. The summed E-state index contributed by atoms with van der Waals surface area (Å²) in [5.74, 6) is 0.556. The van der Waals surface area contributed by atoms with Crippen LogP contribution in [0.2, 0.25) is 0 Å². The molecule has 0 saturated carbocycles. The number of piperidine rings is 2. The van der Waals surface area contributed by atoms with Crippen LogP contribution in [0, 0.1) is 0 Å². The number of likely N-dealkylation sites (tertiary alicyclic amines) is 2. The summed E-state index contributed by atoms with van der Waals surface area (Å²) in [6.45, 7) is 0.634. The molecule has 2 fully saturated rings. The lowest BCUT2D eigenvalue weighted by atomic mass is 10.0. The summed E-state index contributed by atoms with van der Waals surface area (Å²) in [5.41, 5.74) is 5.20. The third kappa shape index (κ3) is 15.8. The predicted octanol–water partition coefficient (Wildman–Crippen LogP) is 10.8. The predicted molar refractivity (Wildman–Crippen MR) is 264 cm³/mol. The van der Waals surface area contributed by atoms with Crippen molar-refractivity contribution >= 4 is 12.1 Å². The Hall–Kier alpha value is -7.34. The highest BCUT2D eigenvalue weighted by Gasteiger charge is 2.27. The van der Waals surface area contributed by atoms with Gasteiger partial charge in [-0.3, -0.25) is 14.4 Å². The smallest absolute Gasteiger partial charge is 0.424 e. The van der Waals surface area contributed by atoms with Crippen LogP contribution in [0.25, 0.3) is 22.5 Å². The van der Waals surface area contributed by atoms with Gasteiger partial charge in [0.25, 0.3) is 0 Å². The molecule has 0 atom stereocenters. The molecule has 0 aliphatic carbocycles. The van der Waals surface area contributed by atoms with E-state index in [4.69, 9.17) is 4.74 Å². The standard InChI is InChI=1S/C24H26F2N4O2.C17H12F2N2O3.C13H20N2/c1-28(20-11-13-29(14-12-20)15-18-5-3-2-4-6-18)24(31)30-16-22(27-17-30)19-7-9-21(10-8-19)32-23(25)26;18-16(19)23-14-8-6-12(7-9-14)15-10-21(11-20-15)17(22)24-13-4-2-1-3-5-13;1-14-13-7-9-15(10-8-13)11-12-5-3-2-4-6-12/h2-10,16-17,20,23H,11-15H2,1H3;1-11,16H;2-6,13-14H,7-11H2,1H3.